The van der Waals surface area contributed by atoms with E-state index in [1.807, 2.05) is 41.3 Å². The molecule has 0 unspecified atom stereocenters. The summed E-state index contributed by atoms with van der Waals surface area (Å²) in [6.07, 6.45) is 2.46. The van der Waals surface area contributed by atoms with Gasteiger partial charge in [0.15, 0.2) is 0 Å². The maximum Gasteiger partial charge on any atom is 0.257 e. The van der Waals surface area contributed by atoms with Crippen molar-refractivity contribution in [2.75, 3.05) is 39.4 Å². The zero-order valence-corrected chi connectivity index (χ0v) is 14.8. The molecule has 2 aliphatic heterocycles. The summed E-state index contributed by atoms with van der Waals surface area (Å²) >= 11 is 0. The number of rotatable bonds is 5. The number of para-hydroxylation sites is 1. The molecule has 1 atom stereocenters. The number of morpholine rings is 1. The van der Waals surface area contributed by atoms with Crippen molar-refractivity contribution in [3.63, 3.8) is 0 Å². The zero-order chi connectivity index (χ0) is 17.8. The highest BCUT2D eigenvalue weighted by Crippen LogP contribution is 2.21. The van der Waals surface area contributed by atoms with Crippen LogP contribution in [0.4, 0.5) is 0 Å². The van der Waals surface area contributed by atoms with Crippen LogP contribution < -0.4 is 4.74 Å². The van der Waals surface area contributed by atoms with Gasteiger partial charge in [0.1, 0.15) is 23.9 Å². The van der Waals surface area contributed by atoms with Gasteiger partial charge < -0.3 is 18.8 Å². The van der Waals surface area contributed by atoms with E-state index in [0.29, 0.717) is 18.7 Å². The molecule has 6 nitrogen and oxygen atoms in total. The van der Waals surface area contributed by atoms with Crippen LogP contribution in [0.15, 0.2) is 47.1 Å². The van der Waals surface area contributed by atoms with E-state index in [1.165, 1.54) is 0 Å². The first kappa shape index (κ1) is 17.1. The molecule has 2 fully saturated rings. The Hall–Kier alpha value is -2.31. The third-order valence-corrected chi connectivity index (χ3v) is 4.86. The average Bonchev–Trinajstić information content (AvgIpc) is 3.33. The third-order valence-electron chi connectivity index (χ3n) is 4.86. The predicted molar refractivity (Wildman–Crippen MR) is 96.2 cm³/mol. The van der Waals surface area contributed by atoms with Gasteiger partial charge in [-0.25, -0.2) is 0 Å². The Balaban J connectivity index is 1.32. The van der Waals surface area contributed by atoms with Gasteiger partial charge in [-0.15, -0.1) is 0 Å². The van der Waals surface area contributed by atoms with Crippen molar-refractivity contribution in [3.05, 3.63) is 54.0 Å². The Labute approximate surface area is 153 Å². The van der Waals surface area contributed by atoms with Gasteiger partial charge in [0.25, 0.3) is 5.91 Å². The van der Waals surface area contributed by atoms with Crippen LogP contribution in [0.25, 0.3) is 0 Å². The number of hydrogen-bond donors (Lipinski definition) is 0. The van der Waals surface area contributed by atoms with Gasteiger partial charge in [0.05, 0.1) is 31.9 Å². The van der Waals surface area contributed by atoms with Crippen molar-refractivity contribution in [1.82, 2.24) is 9.80 Å². The quantitative estimate of drug-likeness (QED) is 0.823. The lowest BCUT2D eigenvalue weighted by molar-refractivity contribution is 0.0313. The molecule has 2 aliphatic rings. The van der Waals surface area contributed by atoms with E-state index in [9.17, 15) is 4.79 Å². The lowest BCUT2D eigenvalue weighted by atomic mass is 10.2. The number of hydrogen-bond acceptors (Lipinski definition) is 5. The van der Waals surface area contributed by atoms with Crippen molar-refractivity contribution in [2.24, 2.45) is 0 Å². The number of likely N-dealkylation sites (tertiary alicyclic amines) is 1. The van der Waals surface area contributed by atoms with Crippen molar-refractivity contribution in [3.8, 4) is 5.75 Å². The molecule has 2 saturated heterocycles. The summed E-state index contributed by atoms with van der Waals surface area (Å²) in [4.78, 5) is 16.8. The summed E-state index contributed by atoms with van der Waals surface area (Å²) in [6.45, 7) is 5.34. The Morgan fingerprint density at radius 1 is 1.15 bits per heavy atom. The van der Waals surface area contributed by atoms with E-state index in [1.54, 1.807) is 6.26 Å². The second-order valence-corrected chi connectivity index (χ2v) is 6.78. The minimum atomic E-state index is 0.0149. The molecule has 1 amide bonds. The van der Waals surface area contributed by atoms with Gasteiger partial charge in [0.2, 0.25) is 0 Å². The zero-order valence-electron chi connectivity index (χ0n) is 14.8. The molecule has 1 aromatic heterocycles. The second kappa shape index (κ2) is 7.93. The fourth-order valence-corrected chi connectivity index (χ4v) is 3.44. The third kappa shape index (κ3) is 4.08. The molecule has 3 heterocycles. The molecule has 1 aromatic carbocycles. The standard InChI is InChI=1S/C20H24N2O4/c23-20(16-12-19(25-15-16)13-21-8-10-24-11-9-21)22-7-6-18(14-22)26-17-4-2-1-3-5-17/h1-5,12,15,18H,6-11,13-14H2/t18-/m0/s1. The first-order chi connectivity index (χ1) is 12.8. The van der Waals surface area contributed by atoms with Gasteiger partial charge in [-0.05, 0) is 18.2 Å². The first-order valence-electron chi connectivity index (χ1n) is 9.16. The molecule has 2 aromatic rings. The molecule has 6 heteroatoms. The van der Waals surface area contributed by atoms with Crippen LogP contribution in [0.1, 0.15) is 22.5 Å². The molecule has 138 valence electrons. The van der Waals surface area contributed by atoms with Crippen molar-refractivity contribution in [2.45, 2.75) is 19.1 Å². The average molecular weight is 356 g/mol. The Kier molecular flexibility index (Phi) is 5.22. The van der Waals surface area contributed by atoms with Gasteiger partial charge in [0, 0.05) is 26.1 Å². The Morgan fingerprint density at radius 3 is 2.77 bits per heavy atom. The number of amides is 1. The normalized spacial score (nSPS) is 21.1. The maximum atomic E-state index is 12.7. The van der Waals surface area contributed by atoms with E-state index in [2.05, 4.69) is 4.90 Å². The first-order valence-corrected chi connectivity index (χ1v) is 9.16. The molecule has 4 rings (SSSR count). The fraction of sp³-hybridized carbons (Fsp3) is 0.450. The Morgan fingerprint density at radius 2 is 1.96 bits per heavy atom. The highest BCUT2D eigenvalue weighted by Gasteiger charge is 2.29. The monoisotopic (exact) mass is 356 g/mol. The predicted octanol–water partition coefficient (Wildman–Crippen LogP) is 2.41. The van der Waals surface area contributed by atoms with Crippen LogP contribution in [0.5, 0.6) is 5.75 Å². The summed E-state index contributed by atoms with van der Waals surface area (Å²) in [6, 6.07) is 11.6. The lowest BCUT2D eigenvalue weighted by Gasteiger charge is -2.25. The van der Waals surface area contributed by atoms with E-state index in [4.69, 9.17) is 13.9 Å². The molecule has 0 saturated carbocycles. The van der Waals surface area contributed by atoms with Crippen molar-refractivity contribution < 1.29 is 18.7 Å². The molecule has 0 spiro atoms. The summed E-state index contributed by atoms with van der Waals surface area (Å²) < 4.78 is 16.9. The number of benzene rings is 1. The number of ether oxygens (including phenoxy) is 2. The van der Waals surface area contributed by atoms with Crippen molar-refractivity contribution in [1.29, 1.82) is 0 Å². The topological polar surface area (TPSA) is 55.2 Å². The van der Waals surface area contributed by atoms with Crippen molar-refractivity contribution >= 4 is 5.91 Å². The summed E-state index contributed by atoms with van der Waals surface area (Å²) in [5.74, 6) is 1.69. The lowest BCUT2D eigenvalue weighted by Crippen LogP contribution is -2.35. The van der Waals surface area contributed by atoms with Gasteiger partial charge in [-0.2, -0.15) is 0 Å². The van der Waals surface area contributed by atoms with Gasteiger partial charge >= 0.3 is 0 Å². The molecule has 0 bridgehead atoms. The van der Waals surface area contributed by atoms with E-state index in [0.717, 1.165) is 50.8 Å². The fourth-order valence-electron chi connectivity index (χ4n) is 3.44. The SMILES string of the molecule is O=C(c1coc(CN2CCOCC2)c1)N1CC[C@H](Oc2ccccc2)C1. The van der Waals surface area contributed by atoms with E-state index >= 15 is 0 Å². The molecule has 0 N–H and O–H groups in total. The molecule has 26 heavy (non-hydrogen) atoms. The molecule has 0 radical (unpaired) electrons. The van der Waals surface area contributed by atoms with Crippen LogP contribution in [-0.4, -0.2) is 61.2 Å². The summed E-state index contributed by atoms with van der Waals surface area (Å²) in [5.41, 5.74) is 0.619. The molecular weight excluding hydrogens is 332 g/mol. The number of carbonyl (C=O) groups excluding carboxylic acids is 1. The minimum Gasteiger partial charge on any atom is -0.489 e. The molecular formula is C20H24N2O4. The number of furan rings is 1. The van der Waals surface area contributed by atoms with Crippen LogP contribution >= 0.6 is 0 Å². The van der Waals surface area contributed by atoms with Crippen LogP contribution in [0, 0.1) is 0 Å². The van der Waals surface area contributed by atoms with Crippen LogP contribution in [0.3, 0.4) is 0 Å². The van der Waals surface area contributed by atoms with Crippen LogP contribution in [0.2, 0.25) is 0 Å². The second-order valence-electron chi connectivity index (χ2n) is 6.78. The van der Waals surface area contributed by atoms with E-state index in [-0.39, 0.29) is 12.0 Å². The smallest absolute Gasteiger partial charge is 0.257 e. The number of nitrogens with zero attached hydrogens (tertiary/aromatic N) is 2. The molecule has 0 aliphatic carbocycles. The summed E-state index contributed by atoms with van der Waals surface area (Å²) in [5, 5.41) is 0. The van der Waals surface area contributed by atoms with Crippen LogP contribution in [-0.2, 0) is 11.3 Å². The highest BCUT2D eigenvalue weighted by molar-refractivity contribution is 5.94. The Bertz CT molecular complexity index is 724. The minimum absolute atomic E-state index is 0.0149. The summed E-state index contributed by atoms with van der Waals surface area (Å²) in [7, 11) is 0. The largest absolute Gasteiger partial charge is 0.489 e. The van der Waals surface area contributed by atoms with E-state index < -0.39 is 0 Å². The highest BCUT2D eigenvalue weighted by atomic mass is 16.5. The van der Waals surface area contributed by atoms with Gasteiger partial charge in [-0.1, -0.05) is 18.2 Å². The van der Waals surface area contributed by atoms with Gasteiger partial charge in [-0.3, -0.25) is 9.69 Å². The number of carbonyl (C=O) groups is 1. The maximum absolute atomic E-state index is 12.7.